The summed E-state index contributed by atoms with van der Waals surface area (Å²) in [5, 5.41) is 16.7. The lowest BCUT2D eigenvalue weighted by molar-refractivity contribution is 0.318. The summed E-state index contributed by atoms with van der Waals surface area (Å²) in [7, 11) is 0. The van der Waals surface area contributed by atoms with Gasteiger partial charge in [-0.25, -0.2) is 9.67 Å². The normalized spacial score (nSPS) is 14.5. The molecule has 1 aliphatic carbocycles. The summed E-state index contributed by atoms with van der Waals surface area (Å²) in [6.45, 7) is 3.87. The number of aromatic nitrogens is 3. The number of pyridine rings is 1. The van der Waals surface area contributed by atoms with Gasteiger partial charge in [-0.2, -0.15) is 5.10 Å². The average Bonchev–Trinajstić information content (AvgIpc) is 3.04. The molecule has 110 valence electrons. The first-order chi connectivity index (χ1) is 10.0. The Balaban J connectivity index is 2.28. The SMILES string of the molecule is Cc1nn(-c2nc3c(cc2C(N)=NO)CCC3)c(C)c1Br. The number of oxime groups is 1. The zero-order valence-electron chi connectivity index (χ0n) is 11.9. The predicted octanol–water partition coefficient (Wildman–Crippen LogP) is 2.23. The second-order valence-electron chi connectivity index (χ2n) is 5.20. The Bertz CT molecular complexity index is 750. The van der Waals surface area contributed by atoms with Crippen molar-refractivity contribution in [3.63, 3.8) is 0 Å². The topological polar surface area (TPSA) is 89.3 Å². The number of hydrogen-bond acceptors (Lipinski definition) is 4. The van der Waals surface area contributed by atoms with Gasteiger partial charge in [0.25, 0.3) is 0 Å². The highest BCUT2D eigenvalue weighted by Crippen LogP contribution is 2.28. The minimum Gasteiger partial charge on any atom is -0.409 e. The third-order valence-electron chi connectivity index (χ3n) is 3.82. The van der Waals surface area contributed by atoms with Crippen molar-refractivity contribution in [2.24, 2.45) is 10.9 Å². The monoisotopic (exact) mass is 349 g/mol. The number of fused-ring (bicyclic) bond motifs is 1. The largest absolute Gasteiger partial charge is 0.409 e. The molecule has 7 heteroatoms. The molecule has 1 aliphatic rings. The molecule has 0 unspecified atom stereocenters. The lowest BCUT2D eigenvalue weighted by atomic mass is 10.1. The van der Waals surface area contributed by atoms with Crippen molar-refractivity contribution >= 4 is 21.8 Å². The molecule has 0 aliphatic heterocycles. The van der Waals surface area contributed by atoms with Crippen LogP contribution in [0.25, 0.3) is 5.82 Å². The highest BCUT2D eigenvalue weighted by molar-refractivity contribution is 9.10. The van der Waals surface area contributed by atoms with Gasteiger partial charge in [0.2, 0.25) is 0 Å². The summed E-state index contributed by atoms with van der Waals surface area (Å²) >= 11 is 3.52. The first-order valence-electron chi connectivity index (χ1n) is 6.75. The lowest BCUT2D eigenvalue weighted by Crippen LogP contribution is -2.19. The first kappa shape index (κ1) is 14.1. The molecule has 0 atom stereocenters. The van der Waals surface area contributed by atoms with Gasteiger partial charge in [0.05, 0.1) is 21.4 Å². The van der Waals surface area contributed by atoms with E-state index in [2.05, 4.69) is 26.2 Å². The van der Waals surface area contributed by atoms with Crippen LogP contribution in [0.1, 0.15) is 34.6 Å². The van der Waals surface area contributed by atoms with Gasteiger partial charge in [0, 0.05) is 5.69 Å². The third kappa shape index (κ3) is 2.21. The second kappa shape index (κ2) is 5.14. The number of hydrogen-bond donors (Lipinski definition) is 2. The maximum Gasteiger partial charge on any atom is 0.173 e. The molecule has 0 bridgehead atoms. The number of halogens is 1. The quantitative estimate of drug-likeness (QED) is 0.376. The number of nitrogens with zero attached hydrogens (tertiary/aromatic N) is 4. The smallest absolute Gasteiger partial charge is 0.173 e. The van der Waals surface area contributed by atoms with E-state index < -0.39 is 0 Å². The van der Waals surface area contributed by atoms with Crippen LogP contribution < -0.4 is 5.73 Å². The Morgan fingerprint density at radius 1 is 1.43 bits per heavy atom. The molecule has 0 saturated carbocycles. The van der Waals surface area contributed by atoms with Gasteiger partial charge in [-0.05, 0) is 60.7 Å². The van der Waals surface area contributed by atoms with Gasteiger partial charge in [-0.3, -0.25) is 0 Å². The Labute approximate surface area is 130 Å². The molecule has 0 amide bonds. The van der Waals surface area contributed by atoms with Crippen molar-refractivity contribution in [1.29, 1.82) is 0 Å². The van der Waals surface area contributed by atoms with Gasteiger partial charge in [-0.1, -0.05) is 5.16 Å². The van der Waals surface area contributed by atoms with Crippen molar-refractivity contribution in [2.75, 3.05) is 0 Å². The molecule has 0 fully saturated rings. The number of amidine groups is 1. The fourth-order valence-corrected chi connectivity index (χ4v) is 2.94. The zero-order valence-corrected chi connectivity index (χ0v) is 13.5. The molecule has 2 aromatic heterocycles. The molecule has 0 aromatic carbocycles. The Kier molecular flexibility index (Phi) is 3.44. The van der Waals surface area contributed by atoms with E-state index in [4.69, 9.17) is 15.9 Å². The number of aryl methyl sites for hydroxylation is 3. The molecule has 2 heterocycles. The fraction of sp³-hybridized carbons (Fsp3) is 0.357. The average molecular weight is 350 g/mol. The van der Waals surface area contributed by atoms with E-state index in [1.807, 2.05) is 19.9 Å². The van der Waals surface area contributed by atoms with Crippen LogP contribution in [0.15, 0.2) is 15.7 Å². The molecule has 6 nitrogen and oxygen atoms in total. The molecule has 2 aromatic rings. The van der Waals surface area contributed by atoms with Gasteiger partial charge in [-0.15, -0.1) is 0 Å². The highest BCUT2D eigenvalue weighted by Gasteiger charge is 2.22. The third-order valence-corrected chi connectivity index (χ3v) is 4.97. The van der Waals surface area contributed by atoms with Crippen LogP contribution in [0.3, 0.4) is 0 Å². The maximum atomic E-state index is 9.03. The molecule has 3 N–H and O–H groups in total. The van der Waals surface area contributed by atoms with Crippen LogP contribution in [-0.4, -0.2) is 25.8 Å². The first-order valence-corrected chi connectivity index (χ1v) is 7.55. The standard InChI is InChI=1S/C14H16BrN5O/c1-7-12(15)8(2)20(18-7)14-10(13(16)19-21)6-9-4-3-5-11(9)17-14/h6,21H,3-5H2,1-2H3,(H2,16,19). The van der Waals surface area contributed by atoms with Crippen molar-refractivity contribution in [3.8, 4) is 5.82 Å². The maximum absolute atomic E-state index is 9.03. The van der Waals surface area contributed by atoms with Crippen molar-refractivity contribution in [3.05, 3.63) is 38.7 Å². The van der Waals surface area contributed by atoms with Crippen LogP contribution in [0, 0.1) is 13.8 Å². The zero-order chi connectivity index (χ0) is 15.1. The summed E-state index contributed by atoms with van der Waals surface area (Å²) in [4.78, 5) is 4.72. The van der Waals surface area contributed by atoms with Crippen LogP contribution in [0.5, 0.6) is 0 Å². The van der Waals surface area contributed by atoms with Crippen molar-refractivity contribution in [1.82, 2.24) is 14.8 Å². The van der Waals surface area contributed by atoms with E-state index >= 15 is 0 Å². The van der Waals surface area contributed by atoms with Gasteiger partial charge >= 0.3 is 0 Å². The van der Waals surface area contributed by atoms with Gasteiger partial charge < -0.3 is 10.9 Å². The van der Waals surface area contributed by atoms with Crippen molar-refractivity contribution in [2.45, 2.75) is 33.1 Å². The molecule has 0 radical (unpaired) electrons. The molecule has 0 spiro atoms. The van der Waals surface area contributed by atoms with Crippen molar-refractivity contribution < 1.29 is 5.21 Å². The second-order valence-corrected chi connectivity index (χ2v) is 5.99. The summed E-state index contributed by atoms with van der Waals surface area (Å²) in [6.07, 6.45) is 3.02. The van der Waals surface area contributed by atoms with E-state index in [0.717, 1.165) is 40.8 Å². The summed E-state index contributed by atoms with van der Waals surface area (Å²) < 4.78 is 2.68. The molecule has 21 heavy (non-hydrogen) atoms. The van der Waals surface area contributed by atoms with Crippen LogP contribution in [-0.2, 0) is 12.8 Å². The lowest BCUT2D eigenvalue weighted by Gasteiger charge is -2.12. The minimum atomic E-state index is 0.0517. The molecule has 0 saturated heterocycles. The Morgan fingerprint density at radius 3 is 2.81 bits per heavy atom. The minimum absolute atomic E-state index is 0.0517. The summed E-state index contributed by atoms with van der Waals surface area (Å²) in [6, 6.07) is 1.96. The molecule has 3 rings (SSSR count). The number of rotatable bonds is 2. The molecular weight excluding hydrogens is 334 g/mol. The molecular formula is C14H16BrN5O. The van der Waals surface area contributed by atoms with Crippen LogP contribution in [0.4, 0.5) is 0 Å². The van der Waals surface area contributed by atoms with E-state index in [1.54, 1.807) is 4.68 Å². The van der Waals surface area contributed by atoms with Crippen LogP contribution >= 0.6 is 15.9 Å². The van der Waals surface area contributed by atoms with Gasteiger partial charge in [0.15, 0.2) is 11.7 Å². The highest BCUT2D eigenvalue weighted by atomic mass is 79.9. The summed E-state index contributed by atoms with van der Waals surface area (Å²) in [5.74, 6) is 0.660. The van der Waals surface area contributed by atoms with E-state index in [0.29, 0.717) is 11.4 Å². The van der Waals surface area contributed by atoms with E-state index in [1.165, 1.54) is 5.56 Å². The van der Waals surface area contributed by atoms with Crippen LogP contribution in [0.2, 0.25) is 0 Å². The van der Waals surface area contributed by atoms with E-state index in [9.17, 15) is 0 Å². The Morgan fingerprint density at radius 2 is 2.19 bits per heavy atom. The number of nitrogens with two attached hydrogens (primary N) is 1. The van der Waals surface area contributed by atoms with Gasteiger partial charge in [0.1, 0.15) is 0 Å². The predicted molar refractivity (Wildman–Crippen MR) is 83.1 cm³/mol. The Hall–Kier alpha value is -1.89. The fourth-order valence-electron chi connectivity index (χ4n) is 2.69. The summed E-state index contributed by atoms with van der Waals surface area (Å²) in [5.41, 5.74) is 10.5. The van der Waals surface area contributed by atoms with E-state index in [-0.39, 0.29) is 5.84 Å².